The second-order valence-corrected chi connectivity index (χ2v) is 5.18. The summed E-state index contributed by atoms with van der Waals surface area (Å²) in [6, 6.07) is 12.7. The Morgan fingerprint density at radius 2 is 1.92 bits per heavy atom. The molecule has 8 nitrogen and oxygen atoms in total. The Morgan fingerprint density at radius 1 is 1.15 bits per heavy atom. The molecule has 0 atom stereocenters. The molecule has 0 radical (unpaired) electrons. The van der Waals surface area contributed by atoms with Crippen LogP contribution in [-0.2, 0) is 0 Å². The number of benzene rings is 2. The number of hydrogen-bond donors (Lipinski definition) is 1. The normalized spacial score (nSPS) is 10.8. The third kappa shape index (κ3) is 3.25. The summed E-state index contributed by atoms with van der Waals surface area (Å²) in [5, 5.41) is 21.8. The minimum atomic E-state index is -1.14. The van der Waals surface area contributed by atoms with Gasteiger partial charge in [-0.1, -0.05) is 30.3 Å². The Kier molecular flexibility index (Phi) is 4.93. The molecule has 0 spiro atoms. The SMILES string of the molecule is COc1ccc(/C=N\n2cnnc2-c2ccccc2)c(C(=O)O)c1OC. The summed E-state index contributed by atoms with van der Waals surface area (Å²) >= 11 is 0. The van der Waals surface area contributed by atoms with Crippen molar-refractivity contribution >= 4 is 12.2 Å². The van der Waals surface area contributed by atoms with Gasteiger partial charge in [-0.25, -0.2) is 4.79 Å². The van der Waals surface area contributed by atoms with E-state index in [4.69, 9.17) is 9.47 Å². The van der Waals surface area contributed by atoms with Crippen LogP contribution in [0.2, 0.25) is 0 Å². The van der Waals surface area contributed by atoms with Crippen molar-refractivity contribution in [1.82, 2.24) is 14.9 Å². The number of aromatic nitrogens is 3. The van der Waals surface area contributed by atoms with E-state index in [2.05, 4.69) is 15.3 Å². The molecule has 1 N–H and O–H groups in total. The second kappa shape index (κ2) is 7.47. The van der Waals surface area contributed by atoms with Gasteiger partial charge in [0.2, 0.25) is 0 Å². The lowest BCUT2D eigenvalue weighted by atomic mass is 10.1. The number of aromatic carboxylic acids is 1. The summed E-state index contributed by atoms with van der Waals surface area (Å²) in [7, 11) is 2.83. The van der Waals surface area contributed by atoms with Crippen LogP contribution < -0.4 is 9.47 Å². The molecule has 0 aliphatic heterocycles. The van der Waals surface area contributed by atoms with Crippen LogP contribution in [0.4, 0.5) is 0 Å². The standard InChI is InChI=1S/C18H16N4O4/c1-25-14-9-8-13(15(18(23)24)16(14)26-2)10-20-22-11-19-21-17(22)12-6-4-3-5-7-12/h3-11H,1-2H3,(H,23,24)/b20-10-. The highest BCUT2D eigenvalue weighted by atomic mass is 16.5. The van der Waals surface area contributed by atoms with Gasteiger partial charge in [-0.3, -0.25) is 0 Å². The average Bonchev–Trinajstić information content (AvgIpc) is 3.14. The third-order valence-corrected chi connectivity index (χ3v) is 3.68. The van der Waals surface area contributed by atoms with Gasteiger partial charge in [-0.15, -0.1) is 10.2 Å². The number of carboxylic acids is 1. The van der Waals surface area contributed by atoms with E-state index in [1.165, 1.54) is 31.4 Å². The van der Waals surface area contributed by atoms with Gasteiger partial charge in [0.15, 0.2) is 17.3 Å². The number of hydrogen-bond acceptors (Lipinski definition) is 6. The van der Waals surface area contributed by atoms with E-state index in [0.717, 1.165) is 5.56 Å². The molecular formula is C18H16N4O4. The smallest absolute Gasteiger partial charge is 0.340 e. The first-order valence-electron chi connectivity index (χ1n) is 7.63. The van der Waals surface area contributed by atoms with E-state index < -0.39 is 5.97 Å². The number of carboxylic acid groups (broad SMARTS) is 1. The van der Waals surface area contributed by atoms with Crippen molar-refractivity contribution in [2.75, 3.05) is 14.2 Å². The second-order valence-electron chi connectivity index (χ2n) is 5.18. The monoisotopic (exact) mass is 352 g/mol. The van der Waals surface area contributed by atoms with E-state index in [9.17, 15) is 9.90 Å². The van der Waals surface area contributed by atoms with Crippen LogP contribution in [0, 0.1) is 0 Å². The van der Waals surface area contributed by atoms with Crippen LogP contribution in [0.1, 0.15) is 15.9 Å². The molecule has 0 bridgehead atoms. The summed E-state index contributed by atoms with van der Waals surface area (Å²) < 4.78 is 11.8. The van der Waals surface area contributed by atoms with Crippen molar-refractivity contribution in [2.24, 2.45) is 5.10 Å². The van der Waals surface area contributed by atoms with E-state index >= 15 is 0 Å². The molecule has 26 heavy (non-hydrogen) atoms. The molecule has 8 heteroatoms. The van der Waals surface area contributed by atoms with Gasteiger partial charge >= 0.3 is 5.97 Å². The molecule has 2 aromatic carbocycles. The largest absolute Gasteiger partial charge is 0.493 e. The highest BCUT2D eigenvalue weighted by molar-refractivity contribution is 6.01. The van der Waals surface area contributed by atoms with Gasteiger partial charge in [0.05, 0.1) is 20.4 Å². The van der Waals surface area contributed by atoms with E-state index in [-0.39, 0.29) is 11.3 Å². The molecule has 0 amide bonds. The first-order chi connectivity index (χ1) is 12.7. The lowest BCUT2D eigenvalue weighted by Crippen LogP contribution is -2.07. The van der Waals surface area contributed by atoms with Gasteiger partial charge < -0.3 is 14.6 Å². The van der Waals surface area contributed by atoms with Gasteiger partial charge in [0, 0.05) is 11.1 Å². The number of rotatable bonds is 6. The molecule has 0 aliphatic carbocycles. The van der Waals surface area contributed by atoms with Crippen LogP contribution in [0.3, 0.4) is 0 Å². The first-order valence-corrected chi connectivity index (χ1v) is 7.63. The van der Waals surface area contributed by atoms with Gasteiger partial charge in [-0.2, -0.15) is 9.78 Å². The van der Waals surface area contributed by atoms with Crippen LogP contribution in [0.25, 0.3) is 11.4 Å². The predicted octanol–water partition coefficient (Wildman–Crippen LogP) is 2.54. The minimum Gasteiger partial charge on any atom is -0.493 e. The summed E-state index contributed by atoms with van der Waals surface area (Å²) in [6.45, 7) is 0. The summed E-state index contributed by atoms with van der Waals surface area (Å²) in [5.74, 6) is -0.138. The Hall–Kier alpha value is -3.68. The Bertz CT molecular complexity index is 951. The van der Waals surface area contributed by atoms with Crippen LogP contribution in [0.15, 0.2) is 53.9 Å². The molecule has 0 aliphatic rings. The molecule has 0 saturated carbocycles. The molecular weight excluding hydrogens is 336 g/mol. The van der Waals surface area contributed by atoms with Crippen LogP contribution in [-0.4, -0.2) is 46.4 Å². The molecule has 1 heterocycles. The van der Waals surface area contributed by atoms with Gasteiger partial charge in [0.1, 0.15) is 11.9 Å². The van der Waals surface area contributed by atoms with Crippen molar-refractivity contribution in [1.29, 1.82) is 0 Å². The molecule has 3 rings (SSSR count). The van der Waals surface area contributed by atoms with Crippen molar-refractivity contribution < 1.29 is 19.4 Å². The zero-order chi connectivity index (χ0) is 18.5. The molecule has 132 valence electrons. The average molecular weight is 352 g/mol. The van der Waals surface area contributed by atoms with Crippen LogP contribution in [0.5, 0.6) is 11.5 Å². The number of ether oxygens (including phenoxy) is 2. The number of carbonyl (C=O) groups is 1. The Morgan fingerprint density at radius 3 is 2.58 bits per heavy atom. The van der Waals surface area contributed by atoms with Crippen molar-refractivity contribution in [2.45, 2.75) is 0 Å². The van der Waals surface area contributed by atoms with E-state index in [1.54, 1.807) is 12.1 Å². The molecule has 3 aromatic rings. The summed E-state index contributed by atoms with van der Waals surface area (Å²) in [6.07, 6.45) is 2.86. The molecule has 1 aromatic heterocycles. The lowest BCUT2D eigenvalue weighted by Gasteiger charge is -2.12. The highest BCUT2D eigenvalue weighted by Gasteiger charge is 2.20. The van der Waals surface area contributed by atoms with Crippen molar-refractivity contribution in [3.05, 3.63) is 59.9 Å². The van der Waals surface area contributed by atoms with Crippen molar-refractivity contribution in [3.63, 3.8) is 0 Å². The fourth-order valence-electron chi connectivity index (χ4n) is 2.49. The van der Waals surface area contributed by atoms with E-state index in [1.807, 2.05) is 30.3 Å². The highest BCUT2D eigenvalue weighted by Crippen LogP contribution is 2.33. The zero-order valence-electron chi connectivity index (χ0n) is 14.2. The maximum absolute atomic E-state index is 11.7. The molecule has 0 saturated heterocycles. The minimum absolute atomic E-state index is 0.0371. The van der Waals surface area contributed by atoms with Gasteiger partial charge in [-0.05, 0) is 12.1 Å². The fourth-order valence-corrected chi connectivity index (χ4v) is 2.49. The maximum Gasteiger partial charge on any atom is 0.340 e. The Labute approximate surface area is 149 Å². The van der Waals surface area contributed by atoms with E-state index in [0.29, 0.717) is 17.1 Å². The number of methoxy groups -OCH3 is 2. The zero-order valence-corrected chi connectivity index (χ0v) is 14.2. The molecule has 0 unspecified atom stereocenters. The first kappa shape index (κ1) is 17.2. The van der Waals surface area contributed by atoms with Crippen LogP contribution >= 0.6 is 0 Å². The van der Waals surface area contributed by atoms with Crippen molar-refractivity contribution in [3.8, 4) is 22.9 Å². The third-order valence-electron chi connectivity index (χ3n) is 3.68. The number of nitrogens with zero attached hydrogens (tertiary/aromatic N) is 4. The van der Waals surface area contributed by atoms with Gasteiger partial charge in [0.25, 0.3) is 0 Å². The summed E-state index contributed by atoms with van der Waals surface area (Å²) in [5.41, 5.74) is 1.17. The topological polar surface area (TPSA) is 98.8 Å². The Balaban J connectivity index is 2.03. The maximum atomic E-state index is 11.7. The lowest BCUT2D eigenvalue weighted by molar-refractivity contribution is 0.0692. The fraction of sp³-hybridized carbons (Fsp3) is 0.111. The summed E-state index contributed by atoms with van der Waals surface area (Å²) in [4.78, 5) is 11.7. The molecule has 0 fully saturated rings. The predicted molar refractivity (Wildman–Crippen MR) is 95.0 cm³/mol. The quantitative estimate of drug-likeness (QED) is 0.685.